The van der Waals surface area contributed by atoms with Crippen molar-refractivity contribution in [1.29, 1.82) is 0 Å². The predicted molar refractivity (Wildman–Crippen MR) is 115 cm³/mol. The molecule has 0 spiro atoms. The molecular weight excluding hydrogens is 424 g/mol. The molecule has 1 amide bonds. The minimum absolute atomic E-state index is 0.0203. The van der Waals surface area contributed by atoms with Crippen molar-refractivity contribution in [1.82, 2.24) is 14.9 Å². The SMILES string of the molecule is Cc1ccc(C(=O)Nc2nnc(S(=O)(=O)NCc3cccc(OC(C)C)c3)s2)cc1. The summed E-state index contributed by atoms with van der Waals surface area (Å²) in [6.45, 7) is 5.83. The van der Waals surface area contributed by atoms with Crippen molar-refractivity contribution in [3.63, 3.8) is 0 Å². The highest BCUT2D eigenvalue weighted by Crippen LogP contribution is 2.21. The van der Waals surface area contributed by atoms with Gasteiger partial charge in [0.15, 0.2) is 0 Å². The van der Waals surface area contributed by atoms with Crippen LogP contribution in [0.15, 0.2) is 52.9 Å². The van der Waals surface area contributed by atoms with Crippen LogP contribution in [0.25, 0.3) is 0 Å². The number of carbonyl (C=O) groups excluding carboxylic acids is 1. The number of ether oxygens (including phenoxy) is 1. The Morgan fingerprint density at radius 1 is 1.13 bits per heavy atom. The summed E-state index contributed by atoms with van der Waals surface area (Å²) in [7, 11) is -3.88. The molecule has 0 atom stereocenters. The molecule has 0 aliphatic rings. The third-order valence-electron chi connectivity index (χ3n) is 3.91. The van der Waals surface area contributed by atoms with Gasteiger partial charge in [-0.3, -0.25) is 10.1 Å². The van der Waals surface area contributed by atoms with Gasteiger partial charge in [0.1, 0.15) is 5.75 Å². The number of benzene rings is 2. The van der Waals surface area contributed by atoms with Crippen LogP contribution in [0.5, 0.6) is 5.75 Å². The average Bonchev–Trinajstić information content (AvgIpc) is 3.16. The van der Waals surface area contributed by atoms with E-state index >= 15 is 0 Å². The van der Waals surface area contributed by atoms with Gasteiger partial charge in [-0.2, -0.15) is 0 Å². The maximum atomic E-state index is 12.5. The topological polar surface area (TPSA) is 110 Å². The zero-order valence-electron chi connectivity index (χ0n) is 16.7. The third-order valence-corrected chi connectivity index (χ3v) is 6.51. The van der Waals surface area contributed by atoms with Crippen LogP contribution in [-0.4, -0.2) is 30.6 Å². The molecule has 8 nitrogen and oxygen atoms in total. The largest absolute Gasteiger partial charge is 0.491 e. The van der Waals surface area contributed by atoms with Crippen molar-refractivity contribution in [2.45, 2.75) is 37.8 Å². The Balaban J connectivity index is 1.64. The quantitative estimate of drug-likeness (QED) is 0.514. The number of anilines is 1. The Bertz CT molecular complexity index is 1130. The fourth-order valence-corrected chi connectivity index (χ4v) is 4.44. The molecule has 1 heterocycles. The molecule has 0 aliphatic heterocycles. The Morgan fingerprint density at radius 3 is 2.57 bits per heavy atom. The maximum Gasteiger partial charge on any atom is 0.270 e. The van der Waals surface area contributed by atoms with E-state index in [1.165, 1.54) is 0 Å². The van der Waals surface area contributed by atoms with Crippen molar-refractivity contribution in [2.75, 3.05) is 5.32 Å². The monoisotopic (exact) mass is 446 g/mol. The number of hydrogen-bond acceptors (Lipinski definition) is 7. The first-order valence-corrected chi connectivity index (χ1v) is 11.5. The van der Waals surface area contributed by atoms with Gasteiger partial charge in [-0.25, -0.2) is 13.1 Å². The first kappa shape index (κ1) is 21.9. The molecule has 1 aromatic heterocycles. The Labute approximate surface area is 179 Å². The van der Waals surface area contributed by atoms with Gasteiger partial charge in [0.05, 0.1) is 6.10 Å². The van der Waals surface area contributed by atoms with E-state index in [1.54, 1.807) is 30.3 Å². The number of amides is 1. The first-order valence-electron chi connectivity index (χ1n) is 9.20. The summed E-state index contributed by atoms with van der Waals surface area (Å²) in [6.07, 6.45) is 0.0203. The number of hydrogen-bond donors (Lipinski definition) is 2. The summed E-state index contributed by atoms with van der Waals surface area (Å²) in [5, 5.41) is 10.1. The summed E-state index contributed by atoms with van der Waals surface area (Å²) in [5.74, 6) is 0.281. The van der Waals surface area contributed by atoms with E-state index in [2.05, 4.69) is 20.2 Å². The number of aryl methyl sites for hydroxylation is 1. The van der Waals surface area contributed by atoms with Gasteiger partial charge in [-0.1, -0.05) is 41.2 Å². The molecule has 0 aliphatic carbocycles. The highest BCUT2D eigenvalue weighted by molar-refractivity contribution is 7.91. The average molecular weight is 447 g/mol. The zero-order chi connectivity index (χ0) is 21.7. The molecule has 0 bridgehead atoms. The summed E-state index contributed by atoms with van der Waals surface area (Å²) >= 11 is 0.783. The smallest absolute Gasteiger partial charge is 0.270 e. The van der Waals surface area contributed by atoms with Crippen LogP contribution in [0.4, 0.5) is 5.13 Å². The molecule has 3 aromatic rings. The molecule has 3 rings (SSSR count). The zero-order valence-corrected chi connectivity index (χ0v) is 18.4. The van der Waals surface area contributed by atoms with E-state index in [0.29, 0.717) is 11.3 Å². The molecule has 10 heteroatoms. The van der Waals surface area contributed by atoms with Gasteiger partial charge in [0.25, 0.3) is 15.9 Å². The van der Waals surface area contributed by atoms with E-state index in [1.807, 2.05) is 39.0 Å². The Hall–Kier alpha value is -2.82. The first-order chi connectivity index (χ1) is 14.2. The van der Waals surface area contributed by atoms with Crippen molar-refractivity contribution in [3.8, 4) is 5.75 Å². The van der Waals surface area contributed by atoms with Gasteiger partial charge in [0, 0.05) is 12.1 Å². The molecule has 2 aromatic carbocycles. The van der Waals surface area contributed by atoms with Crippen LogP contribution in [0, 0.1) is 6.92 Å². The second kappa shape index (κ2) is 9.33. The van der Waals surface area contributed by atoms with E-state index in [4.69, 9.17) is 4.74 Å². The van der Waals surface area contributed by atoms with Crippen LogP contribution in [0.1, 0.15) is 35.3 Å². The molecular formula is C20H22N4O4S2. The number of aromatic nitrogens is 2. The van der Waals surface area contributed by atoms with Crippen LogP contribution in [0.2, 0.25) is 0 Å². The second-order valence-electron chi connectivity index (χ2n) is 6.83. The van der Waals surface area contributed by atoms with Crippen LogP contribution in [0.3, 0.4) is 0 Å². The molecule has 0 saturated heterocycles. The Morgan fingerprint density at radius 2 is 1.87 bits per heavy atom. The number of nitrogens with zero attached hydrogens (tertiary/aromatic N) is 2. The fourth-order valence-electron chi connectivity index (χ4n) is 2.48. The molecule has 30 heavy (non-hydrogen) atoms. The lowest BCUT2D eigenvalue weighted by molar-refractivity contribution is 0.102. The number of nitrogens with one attached hydrogen (secondary N) is 2. The molecule has 0 radical (unpaired) electrons. The highest BCUT2D eigenvalue weighted by atomic mass is 32.2. The highest BCUT2D eigenvalue weighted by Gasteiger charge is 2.21. The summed E-state index contributed by atoms with van der Waals surface area (Å²) in [5.41, 5.74) is 2.22. The van der Waals surface area contributed by atoms with Crippen molar-refractivity contribution in [3.05, 3.63) is 65.2 Å². The number of sulfonamides is 1. The standard InChI is InChI=1S/C20H22N4O4S2/c1-13(2)28-17-6-4-5-15(11-17)12-21-30(26,27)20-24-23-19(29-20)22-18(25)16-9-7-14(3)8-10-16/h4-11,13,21H,12H2,1-3H3,(H,22,23,25). The van der Waals surface area contributed by atoms with Gasteiger partial charge in [-0.05, 0) is 50.6 Å². The van der Waals surface area contributed by atoms with Crippen molar-refractivity contribution < 1.29 is 17.9 Å². The van der Waals surface area contributed by atoms with E-state index in [0.717, 1.165) is 22.5 Å². The number of rotatable bonds is 8. The minimum Gasteiger partial charge on any atom is -0.491 e. The molecule has 158 valence electrons. The maximum absolute atomic E-state index is 12.5. The van der Waals surface area contributed by atoms with Crippen LogP contribution in [-0.2, 0) is 16.6 Å². The van der Waals surface area contributed by atoms with E-state index < -0.39 is 10.0 Å². The second-order valence-corrected chi connectivity index (χ2v) is 9.75. The lowest BCUT2D eigenvalue weighted by atomic mass is 10.1. The van der Waals surface area contributed by atoms with Crippen molar-refractivity contribution in [2.24, 2.45) is 0 Å². The van der Waals surface area contributed by atoms with Crippen LogP contribution >= 0.6 is 11.3 Å². The predicted octanol–water partition coefficient (Wildman–Crippen LogP) is 3.36. The number of carbonyl (C=O) groups is 1. The summed E-state index contributed by atoms with van der Waals surface area (Å²) in [6, 6.07) is 14.2. The van der Waals surface area contributed by atoms with Gasteiger partial charge in [-0.15, -0.1) is 10.2 Å². The normalized spacial score (nSPS) is 11.5. The third kappa shape index (κ3) is 5.85. The van der Waals surface area contributed by atoms with E-state index in [9.17, 15) is 13.2 Å². The van der Waals surface area contributed by atoms with Gasteiger partial charge >= 0.3 is 0 Å². The molecule has 2 N–H and O–H groups in total. The van der Waals surface area contributed by atoms with Crippen LogP contribution < -0.4 is 14.8 Å². The van der Waals surface area contributed by atoms with Gasteiger partial charge in [0.2, 0.25) is 9.47 Å². The van der Waals surface area contributed by atoms with Crippen molar-refractivity contribution >= 4 is 32.4 Å². The lowest BCUT2D eigenvalue weighted by Gasteiger charge is -2.11. The minimum atomic E-state index is -3.88. The summed E-state index contributed by atoms with van der Waals surface area (Å²) < 4.78 is 32.9. The molecule has 0 saturated carbocycles. The Kier molecular flexibility index (Phi) is 6.80. The van der Waals surface area contributed by atoms with E-state index in [-0.39, 0.29) is 28.0 Å². The molecule has 0 unspecified atom stereocenters. The fraction of sp³-hybridized carbons (Fsp3) is 0.250. The lowest BCUT2D eigenvalue weighted by Crippen LogP contribution is -2.23. The summed E-state index contributed by atoms with van der Waals surface area (Å²) in [4.78, 5) is 12.3. The molecule has 0 fully saturated rings. The van der Waals surface area contributed by atoms with Gasteiger partial charge < -0.3 is 4.74 Å².